The highest BCUT2D eigenvalue weighted by Gasteiger charge is 2.44. The number of ether oxygens (including phenoxy) is 1. The van der Waals surface area contributed by atoms with Crippen LogP contribution >= 0.6 is 0 Å². The van der Waals surface area contributed by atoms with Crippen LogP contribution in [0.1, 0.15) is 39.5 Å². The molecule has 0 unspecified atom stereocenters. The van der Waals surface area contributed by atoms with Crippen molar-refractivity contribution >= 4 is 11.6 Å². The van der Waals surface area contributed by atoms with Crippen molar-refractivity contribution in [1.29, 1.82) is 0 Å². The summed E-state index contributed by atoms with van der Waals surface area (Å²) < 4.78 is 5.43. The second-order valence-corrected chi connectivity index (χ2v) is 6.35. The molecule has 1 aliphatic rings. The highest BCUT2D eigenvalue weighted by Crippen LogP contribution is 2.46. The molecule has 1 fully saturated rings. The quantitative estimate of drug-likeness (QED) is 0.810. The number of carbonyl (C=O) groups is 1. The van der Waals surface area contributed by atoms with Crippen molar-refractivity contribution in [3.8, 4) is 5.75 Å². The number of nitrogens with one attached hydrogen (secondary N) is 1. The molecule has 4 heteroatoms. The molecule has 1 saturated carbocycles. The molecule has 1 aliphatic carbocycles. The second-order valence-electron chi connectivity index (χ2n) is 6.35. The fourth-order valence-electron chi connectivity index (χ4n) is 2.98. The predicted octanol–water partition coefficient (Wildman–Crippen LogP) is 3.18. The fourth-order valence-corrected chi connectivity index (χ4v) is 2.98. The van der Waals surface area contributed by atoms with E-state index in [-0.39, 0.29) is 11.3 Å². The minimum atomic E-state index is -0.150. The minimum absolute atomic E-state index is 0.150. The van der Waals surface area contributed by atoms with Crippen LogP contribution in [-0.4, -0.2) is 19.1 Å². The summed E-state index contributed by atoms with van der Waals surface area (Å²) in [7, 11) is 0. The van der Waals surface area contributed by atoms with Crippen LogP contribution in [0.3, 0.4) is 0 Å². The normalized spacial score (nSPS) is 16.4. The third kappa shape index (κ3) is 3.97. The molecule has 0 spiro atoms. The van der Waals surface area contributed by atoms with E-state index in [0.29, 0.717) is 19.1 Å². The van der Waals surface area contributed by atoms with Gasteiger partial charge in [0.15, 0.2) is 0 Å². The Kier molecular flexibility index (Phi) is 5.23. The van der Waals surface area contributed by atoms with Crippen molar-refractivity contribution in [1.82, 2.24) is 0 Å². The van der Waals surface area contributed by atoms with Crippen LogP contribution in [0.15, 0.2) is 24.3 Å². The number of carbonyl (C=O) groups excluding carboxylic acids is 1. The van der Waals surface area contributed by atoms with Crippen molar-refractivity contribution in [3.63, 3.8) is 0 Å². The third-order valence-electron chi connectivity index (χ3n) is 4.09. The summed E-state index contributed by atoms with van der Waals surface area (Å²) in [6.07, 6.45) is 4.14. The van der Waals surface area contributed by atoms with E-state index in [0.717, 1.165) is 37.1 Å². The number of anilines is 1. The first-order chi connectivity index (χ1) is 10.1. The van der Waals surface area contributed by atoms with Crippen LogP contribution in [-0.2, 0) is 4.79 Å². The van der Waals surface area contributed by atoms with Gasteiger partial charge in [0, 0.05) is 17.6 Å². The van der Waals surface area contributed by atoms with E-state index in [1.807, 2.05) is 24.3 Å². The molecule has 3 N–H and O–H groups in total. The molecule has 0 aromatic heterocycles. The number of rotatable bonds is 7. The number of benzene rings is 1. The maximum atomic E-state index is 12.6. The lowest BCUT2D eigenvalue weighted by Crippen LogP contribution is -2.42. The van der Waals surface area contributed by atoms with Gasteiger partial charge >= 0.3 is 0 Å². The zero-order valence-electron chi connectivity index (χ0n) is 13.0. The highest BCUT2D eigenvalue weighted by atomic mass is 16.5. The fraction of sp³-hybridized carbons (Fsp3) is 0.588. The van der Waals surface area contributed by atoms with Crippen LogP contribution in [0.2, 0.25) is 0 Å². The molecule has 0 bridgehead atoms. The third-order valence-corrected chi connectivity index (χ3v) is 4.09. The van der Waals surface area contributed by atoms with Crippen LogP contribution in [0.25, 0.3) is 0 Å². The molecule has 4 nitrogen and oxygen atoms in total. The summed E-state index contributed by atoms with van der Waals surface area (Å²) in [5, 5.41) is 3.05. The van der Waals surface area contributed by atoms with E-state index in [4.69, 9.17) is 10.5 Å². The predicted molar refractivity (Wildman–Crippen MR) is 85.4 cm³/mol. The minimum Gasteiger partial charge on any atom is -0.492 e. The van der Waals surface area contributed by atoms with Crippen LogP contribution in [0.4, 0.5) is 5.69 Å². The number of hydrogen-bond acceptors (Lipinski definition) is 3. The number of amides is 1. The van der Waals surface area contributed by atoms with E-state index in [2.05, 4.69) is 19.2 Å². The Labute approximate surface area is 127 Å². The lowest BCUT2D eigenvalue weighted by Gasteiger charge is -2.41. The molecule has 0 heterocycles. The van der Waals surface area contributed by atoms with Crippen molar-refractivity contribution in [3.05, 3.63) is 24.3 Å². The van der Waals surface area contributed by atoms with Crippen molar-refractivity contribution in [2.24, 2.45) is 17.1 Å². The molecule has 2 rings (SSSR count). The molecule has 0 radical (unpaired) electrons. The molecule has 0 atom stereocenters. The maximum Gasteiger partial charge on any atom is 0.230 e. The SMILES string of the molecule is CC(C)CC1(C(=O)Nc2ccc(OCCN)cc2)CCC1. The van der Waals surface area contributed by atoms with Crippen molar-refractivity contribution < 1.29 is 9.53 Å². The van der Waals surface area contributed by atoms with Gasteiger partial charge in [0.05, 0.1) is 0 Å². The summed E-state index contributed by atoms with van der Waals surface area (Å²) >= 11 is 0. The van der Waals surface area contributed by atoms with Gasteiger partial charge in [-0.2, -0.15) is 0 Å². The average molecular weight is 290 g/mol. The molecular weight excluding hydrogens is 264 g/mol. The molecule has 1 aromatic carbocycles. The monoisotopic (exact) mass is 290 g/mol. The molecule has 116 valence electrons. The molecule has 1 aromatic rings. The summed E-state index contributed by atoms with van der Waals surface area (Å²) in [4.78, 5) is 12.6. The number of hydrogen-bond donors (Lipinski definition) is 2. The highest BCUT2D eigenvalue weighted by molar-refractivity contribution is 5.95. The van der Waals surface area contributed by atoms with E-state index >= 15 is 0 Å². The lowest BCUT2D eigenvalue weighted by molar-refractivity contribution is -0.131. The first-order valence-electron chi connectivity index (χ1n) is 7.80. The van der Waals surface area contributed by atoms with Gasteiger partial charge < -0.3 is 15.8 Å². The summed E-state index contributed by atoms with van der Waals surface area (Å²) in [5.74, 6) is 1.49. The Morgan fingerprint density at radius 3 is 2.48 bits per heavy atom. The van der Waals surface area contributed by atoms with Crippen LogP contribution in [0, 0.1) is 11.3 Å². The average Bonchev–Trinajstić information content (AvgIpc) is 2.41. The van der Waals surface area contributed by atoms with E-state index < -0.39 is 0 Å². The van der Waals surface area contributed by atoms with Crippen molar-refractivity contribution in [2.45, 2.75) is 39.5 Å². The molecule has 21 heavy (non-hydrogen) atoms. The van der Waals surface area contributed by atoms with Crippen molar-refractivity contribution in [2.75, 3.05) is 18.5 Å². The first kappa shape index (κ1) is 15.8. The lowest BCUT2D eigenvalue weighted by atomic mass is 9.64. The standard InChI is InChI=1S/C17H26N2O2/c1-13(2)12-17(8-3-9-17)16(20)19-14-4-6-15(7-5-14)21-11-10-18/h4-7,13H,3,8-12,18H2,1-2H3,(H,19,20). The van der Waals surface area contributed by atoms with Gasteiger partial charge in [-0.05, 0) is 49.4 Å². The van der Waals surface area contributed by atoms with Crippen LogP contribution < -0.4 is 15.8 Å². The van der Waals surface area contributed by atoms with Gasteiger partial charge in [-0.3, -0.25) is 4.79 Å². The van der Waals surface area contributed by atoms with Gasteiger partial charge in [0.1, 0.15) is 12.4 Å². The molecule has 1 amide bonds. The van der Waals surface area contributed by atoms with E-state index in [1.54, 1.807) is 0 Å². The van der Waals surface area contributed by atoms with E-state index in [1.165, 1.54) is 0 Å². The largest absolute Gasteiger partial charge is 0.492 e. The Balaban J connectivity index is 1.95. The molecule has 0 saturated heterocycles. The van der Waals surface area contributed by atoms with Crippen LogP contribution in [0.5, 0.6) is 5.75 Å². The van der Waals surface area contributed by atoms with Gasteiger partial charge in [0.25, 0.3) is 0 Å². The number of nitrogens with two attached hydrogens (primary N) is 1. The Hall–Kier alpha value is -1.55. The summed E-state index contributed by atoms with van der Waals surface area (Å²) in [5.41, 5.74) is 6.08. The topological polar surface area (TPSA) is 64.3 Å². The Morgan fingerprint density at radius 1 is 1.33 bits per heavy atom. The zero-order chi connectivity index (χ0) is 15.3. The smallest absolute Gasteiger partial charge is 0.230 e. The van der Waals surface area contributed by atoms with Gasteiger partial charge in [-0.1, -0.05) is 20.3 Å². The summed E-state index contributed by atoms with van der Waals surface area (Å²) in [6, 6.07) is 7.49. The summed E-state index contributed by atoms with van der Waals surface area (Å²) in [6.45, 7) is 5.35. The Bertz CT molecular complexity index is 464. The van der Waals surface area contributed by atoms with Gasteiger partial charge in [-0.25, -0.2) is 0 Å². The zero-order valence-corrected chi connectivity index (χ0v) is 13.0. The van der Waals surface area contributed by atoms with Gasteiger partial charge in [-0.15, -0.1) is 0 Å². The molecular formula is C17H26N2O2. The van der Waals surface area contributed by atoms with E-state index in [9.17, 15) is 4.79 Å². The molecule has 0 aliphatic heterocycles. The van der Waals surface area contributed by atoms with Gasteiger partial charge in [0.2, 0.25) is 5.91 Å². The maximum absolute atomic E-state index is 12.6. The Morgan fingerprint density at radius 2 is 2.00 bits per heavy atom. The second kappa shape index (κ2) is 6.94. The first-order valence-corrected chi connectivity index (χ1v) is 7.80.